The molecule has 2 amide bonds. The van der Waals surface area contributed by atoms with Crippen LogP contribution in [-0.2, 0) is 31.0 Å². The van der Waals surface area contributed by atoms with Gasteiger partial charge in [0, 0.05) is 70.2 Å². The molecule has 1 N–H and O–H groups in total. The first-order chi connectivity index (χ1) is 24.0. The Hall–Kier alpha value is -3.45. The van der Waals surface area contributed by atoms with Crippen molar-refractivity contribution in [3.63, 3.8) is 0 Å². The number of amides is 2. The predicted octanol–water partition coefficient (Wildman–Crippen LogP) is 5.92. The Morgan fingerprint density at radius 1 is 1.08 bits per heavy atom. The lowest BCUT2D eigenvalue weighted by Crippen LogP contribution is -2.50. The van der Waals surface area contributed by atoms with Crippen LogP contribution in [0.15, 0.2) is 36.4 Å². The average Bonchev–Trinajstić information content (AvgIpc) is 3.78. The van der Waals surface area contributed by atoms with Crippen LogP contribution < -0.4 is 9.46 Å². The Balaban J connectivity index is 0.00000122. The van der Waals surface area contributed by atoms with Gasteiger partial charge in [-0.1, -0.05) is 45.6 Å². The number of ether oxygens (including phenoxy) is 3. The highest BCUT2D eigenvalue weighted by atomic mass is 32.2. The maximum atomic E-state index is 14.7. The van der Waals surface area contributed by atoms with Gasteiger partial charge in [0.2, 0.25) is 5.91 Å². The van der Waals surface area contributed by atoms with Crippen molar-refractivity contribution in [1.29, 1.82) is 0 Å². The lowest BCUT2D eigenvalue weighted by Gasteiger charge is -2.35. The summed E-state index contributed by atoms with van der Waals surface area (Å²) < 4.78 is 47.5. The Bertz CT molecular complexity index is 1850. The highest BCUT2D eigenvalue weighted by Crippen LogP contribution is 2.66. The van der Waals surface area contributed by atoms with E-state index < -0.39 is 21.5 Å². The van der Waals surface area contributed by atoms with Crippen LogP contribution in [0.5, 0.6) is 5.75 Å². The number of benzene rings is 2. The van der Waals surface area contributed by atoms with Gasteiger partial charge in [-0.15, -0.1) is 0 Å². The summed E-state index contributed by atoms with van der Waals surface area (Å²) in [5.74, 6) is 0.520. The standard InChI is InChI=1S/C35H44N4O7S.C3H8.H2/c1-37(2)47(42,43)36-33(40)23-10-12-27-30(16-23)39-21-35(34(41)38-14-15-46-25(19-38)20-44-3)18-29(35)28-17-24(45-4)11-13-26(28)32(39)31(27)22-8-6-5-7-9-22;1-3-2;/h10-13,16-17,22,25,29H,5-9,14-15,18-21H2,1-4H3,(H,36,40);3H2,1-2H3;1H/t25-,29?,35?;;/m0../s1. The molecule has 1 saturated heterocycles. The van der Waals surface area contributed by atoms with E-state index in [1.54, 1.807) is 26.4 Å². The minimum Gasteiger partial charge on any atom is -0.497 e. The quantitative estimate of drug-likeness (QED) is 0.308. The number of morpholine rings is 1. The van der Waals surface area contributed by atoms with Crippen molar-refractivity contribution in [2.45, 2.75) is 83.3 Å². The van der Waals surface area contributed by atoms with E-state index in [1.807, 2.05) is 17.0 Å². The average molecular weight is 711 g/mol. The first-order valence-electron chi connectivity index (χ1n) is 18.0. The Morgan fingerprint density at radius 3 is 2.50 bits per heavy atom. The van der Waals surface area contributed by atoms with E-state index in [9.17, 15) is 18.0 Å². The van der Waals surface area contributed by atoms with E-state index in [0.717, 1.165) is 63.5 Å². The van der Waals surface area contributed by atoms with E-state index >= 15 is 0 Å². The molecule has 3 fully saturated rings. The molecule has 0 radical (unpaired) electrons. The molecule has 2 aliphatic carbocycles. The van der Waals surface area contributed by atoms with Crippen molar-refractivity contribution in [3.05, 3.63) is 53.1 Å². The third kappa shape index (κ3) is 6.67. The highest BCUT2D eigenvalue weighted by molar-refractivity contribution is 7.87. The van der Waals surface area contributed by atoms with Gasteiger partial charge in [-0.3, -0.25) is 9.59 Å². The van der Waals surface area contributed by atoms with Crippen molar-refractivity contribution in [3.8, 4) is 17.0 Å². The number of hydrogen-bond donors (Lipinski definition) is 1. The molecular weight excluding hydrogens is 657 g/mol. The number of carbonyl (C=O) groups is 2. The van der Waals surface area contributed by atoms with E-state index in [4.69, 9.17) is 14.2 Å². The summed E-state index contributed by atoms with van der Waals surface area (Å²) >= 11 is 0. The second-order valence-corrected chi connectivity index (χ2v) is 16.3. The minimum atomic E-state index is -3.98. The molecule has 2 aliphatic heterocycles. The number of hydrogen-bond acceptors (Lipinski definition) is 7. The molecule has 7 rings (SSSR count). The zero-order valence-corrected chi connectivity index (χ0v) is 31.1. The molecule has 0 spiro atoms. The molecule has 11 nitrogen and oxygen atoms in total. The van der Waals surface area contributed by atoms with Crippen LogP contribution in [0.25, 0.3) is 22.2 Å². The molecule has 2 saturated carbocycles. The summed E-state index contributed by atoms with van der Waals surface area (Å²) in [6, 6.07) is 11.7. The fraction of sp³-hybridized carbons (Fsp3) is 0.579. The molecule has 2 aromatic carbocycles. The molecule has 3 atom stereocenters. The van der Waals surface area contributed by atoms with E-state index in [-0.39, 0.29) is 24.9 Å². The van der Waals surface area contributed by atoms with Crippen LogP contribution >= 0.6 is 0 Å². The predicted molar refractivity (Wildman–Crippen MR) is 196 cm³/mol. The van der Waals surface area contributed by atoms with Gasteiger partial charge in [-0.25, -0.2) is 4.72 Å². The number of nitrogens with one attached hydrogen (secondary N) is 1. The Kier molecular flexibility index (Phi) is 10.7. The minimum absolute atomic E-state index is 0. The fourth-order valence-electron chi connectivity index (χ4n) is 8.19. The third-order valence-electron chi connectivity index (χ3n) is 10.7. The van der Waals surface area contributed by atoms with Gasteiger partial charge in [0.1, 0.15) is 5.75 Å². The van der Waals surface area contributed by atoms with Gasteiger partial charge in [0.15, 0.2) is 0 Å². The summed E-state index contributed by atoms with van der Waals surface area (Å²) in [5.41, 5.74) is 4.99. The zero-order valence-electron chi connectivity index (χ0n) is 30.3. The normalized spacial score (nSPS) is 23.2. The number of fused-ring (bicyclic) bond motifs is 7. The summed E-state index contributed by atoms with van der Waals surface area (Å²) in [6.45, 7) is 6.59. The zero-order chi connectivity index (χ0) is 35.8. The van der Waals surface area contributed by atoms with Gasteiger partial charge in [-0.2, -0.15) is 12.7 Å². The third-order valence-corrected chi connectivity index (χ3v) is 12.1. The van der Waals surface area contributed by atoms with Gasteiger partial charge in [0.05, 0.1) is 37.5 Å². The molecule has 3 heterocycles. The van der Waals surface area contributed by atoms with Crippen molar-refractivity contribution in [2.75, 3.05) is 54.6 Å². The lowest BCUT2D eigenvalue weighted by molar-refractivity contribution is -0.147. The SMILES string of the molecule is CCC.COC[C@@H]1CN(C(=O)C23CC2c2cc(OC)ccc2-c2c(C4CCCCC4)c4ccc(C(=O)NS(=O)(=O)N(C)C)cc4n2C3)CCO1.[HH]. The Morgan fingerprint density at radius 2 is 1.82 bits per heavy atom. The van der Waals surface area contributed by atoms with Crippen LogP contribution in [0.3, 0.4) is 0 Å². The number of aromatic nitrogens is 1. The molecule has 0 bridgehead atoms. The first-order valence-corrected chi connectivity index (χ1v) is 19.4. The molecule has 50 heavy (non-hydrogen) atoms. The first kappa shape index (κ1) is 36.3. The number of methoxy groups -OCH3 is 2. The smallest absolute Gasteiger partial charge is 0.303 e. The van der Waals surface area contributed by atoms with Crippen molar-refractivity contribution in [2.24, 2.45) is 5.41 Å². The summed E-state index contributed by atoms with van der Waals surface area (Å²) in [5, 5.41) is 1.05. The van der Waals surface area contributed by atoms with E-state index in [0.29, 0.717) is 45.2 Å². The second kappa shape index (κ2) is 14.7. The van der Waals surface area contributed by atoms with Crippen LogP contribution in [0.2, 0.25) is 0 Å². The van der Waals surface area contributed by atoms with Crippen LogP contribution in [0, 0.1) is 5.41 Å². The summed E-state index contributed by atoms with van der Waals surface area (Å²) in [7, 11) is 2.09. The van der Waals surface area contributed by atoms with E-state index in [2.05, 4.69) is 35.3 Å². The number of carbonyl (C=O) groups excluding carboxylic acids is 2. The van der Waals surface area contributed by atoms with Crippen molar-refractivity contribution >= 4 is 32.9 Å². The van der Waals surface area contributed by atoms with Crippen LogP contribution in [0.4, 0.5) is 0 Å². The monoisotopic (exact) mass is 710 g/mol. The van der Waals surface area contributed by atoms with E-state index in [1.165, 1.54) is 32.5 Å². The largest absolute Gasteiger partial charge is 0.497 e. The van der Waals surface area contributed by atoms with Crippen LogP contribution in [-0.4, -0.2) is 94.7 Å². The molecule has 3 aromatic rings. The number of rotatable bonds is 8. The molecule has 12 heteroatoms. The molecule has 2 unspecified atom stereocenters. The Labute approximate surface area is 297 Å². The molecule has 4 aliphatic rings. The fourth-order valence-corrected chi connectivity index (χ4v) is 8.73. The second-order valence-electron chi connectivity index (χ2n) is 14.4. The maximum absolute atomic E-state index is 14.7. The molecule has 274 valence electrons. The topological polar surface area (TPSA) is 119 Å². The van der Waals surface area contributed by atoms with Gasteiger partial charge >= 0.3 is 10.2 Å². The summed E-state index contributed by atoms with van der Waals surface area (Å²) in [6.07, 6.45) is 7.44. The summed E-state index contributed by atoms with van der Waals surface area (Å²) in [4.78, 5) is 30.0. The van der Waals surface area contributed by atoms with Crippen molar-refractivity contribution < 1.29 is 33.6 Å². The van der Waals surface area contributed by atoms with Crippen LogP contribution in [0.1, 0.15) is 93.5 Å². The van der Waals surface area contributed by atoms with Gasteiger partial charge in [0.25, 0.3) is 5.91 Å². The van der Waals surface area contributed by atoms with Gasteiger partial charge < -0.3 is 23.7 Å². The molecule has 1 aromatic heterocycles. The van der Waals surface area contributed by atoms with Gasteiger partial charge in [-0.05, 0) is 66.6 Å². The highest BCUT2D eigenvalue weighted by Gasteiger charge is 2.64. The molecular formula is C38H54N4O7S. The number of nitrogens with zero attached hydrogens (tertiary/aromatic N) is 3. The van der Waals surface area contributed by atoms with Crippen molar-refractivity contribution in [1.82, 2.24) is 18.5 Å². The lowest BCUT2D eigenvalue weighted by atomic mass is 9.81. The maximum Gasteiger partial charge on any atom is 0.303 e.